The van der Waals surface area contributed by atoms with Crippen LogP contribution in [0.3, 0.4) is 0 Å². The summed E-state index contributed by atoms with van der Waals surface area (Å²) in [5, 5.41) is 14.9. The minimum atomic E-state index is -0.803. The van der Waals surface area contributed by atoms with Crippen LogP contribution in [0.2, 0.25) is 0 Å². The van der Waals surface area contributed by atoms with Gasteiger partial charge in [-0.2, -0.15) is 5.26 Å². The maximum absolute atomic E-state index is 12.5. The van der Waals surface area contributed by atoms with E-state index in [4.69, 9.17) is 10.00 Å². The lowest BCUT2D eigenvalue weighted by Crippen LogP contribution is -2.49. The highest BCUT2D eigenvalue weighted by Crippen LogP contribution is 2.19. The van der Waals surface area contributed by atoms with E-state index < -0.39 is 17.7 Å². The monoisotopic (exact) mass is 356 g/mol. The zero-order valence-electron chi connectivity index (χ0n) is 15.3. The van der Waals surface area contributed by atoms with Crippen LogP contribution in [-0.4, -0.2) is 35.2 Å². The third-order valence-electron chi connectivity index (χ3n) is 3.64. The summed E-state index contributed by atoms with van der Waals surface area (Å²) in [6.07, 6.45) is 1.69. The standard InChI is InChI=1S/C19H24N4O3/c1-19(2,3)26-18(25)23-16(17(24)21-10-6-9-20)11-13-12-22-15-8-5-4-7-14(13)15/h4-5,7-8,12,16,22H,6,10-11H2,1-3H3,(H,21,24)(H,23,25). The Morgan fingerprint density at radius 3 is 2.73 bits per heavy atom. The van der Waals surface area contributed by atoms with E-state index in [1.165, 1.54) is 0 Å². The van der Waals surface area contributed by atoms with Crippen molar-refractivity contribution in [3.05, 3.63) is 36.0 Å². The molecule has 0 spiro atoms. The number of nitrogens with one attached hydrogen (secondary N) is 3. The van der Waals surface area contributed by atoms with E-state index in [-0.39, 0.29) is 18.9 Å². The zero-order valence-corrected chi connectivity index (χ0v) is 15.3. The molecular weight excluding hydrogens is 332 g/mol. The predicted molar refractivity (Wildman–Crippen MR) is 98.4 cm³/mol. The fourth-order valence-corrected chi connectivity index (χ4v) is 2.54. The lowest BCUT2D eigenvalue weighted by atomic mass is 10.0. The Kier molecular flexibility index (Phi) is 6.23. The molecule has 0 bridgehead atoms. The summed E-state index contributed by atoms with van der Waals surface area (Å²) in [5.74, 6) is -0.351. The zero-order chi connectivity index (χ0) is 19.2. The van der Waals surface area contributed by atoms with Crippen molar-refractivity contribution in [2.75, 3.05) is 6.54 Å². The number of nitriles is 1. The van der Waals surface area contributed by atoms with Crippen molar-refractivity contribution < 1.29 is 14.3 Å². The van der Waals surface area contributed by atoms with Gasteiger partial charge in [-0.05, 0) is 32.4 Å². The summed E-state index contributed by atoms with van der Waals surface area (Å²) in [6, 6.07) is 8.92. The summed E-state index contributed by atoms with van der Waals surface area (Å²) >= 11 is 0. The van der Waals surface area contributed by atoms with Crippen molar-refractivity contribution in [1.82, 2.24) is 15.6 Å². The molecule has 7 nitrogen and oxygen atoms in total. The van der Waals surface area contributed by atoms with Crippen molar-refractivity contribution in [2.45, 2.75) is 45.3 Å². The number of rotatable bonds is 6. The third-order valence-corrected chi connectivity index (χ3v) is 3.64. The number of hydrogen-bond donors (Lipinski definition) is 3. The number of nitrogens with zero attached hydrogens (tertiary/aromatic N) is 1. The van der Waals surface area contributed by atoms with Gasteiger partial charge >= 0.3 is 6.09 Å². The molecular formula is C19H24N4O3. The van der Waals surface area contributed by atoms with E-state index in [0.717, 1.165) is 16.5 Å². The van der Waals surface area contributed by atoms with Gasteiger partial charge in [-0.1, -0.05) is 18.2 Å². The first-order valence-electron chi connectivity index (χ1n) is 8.49. The van der Waals surface area contributed by atoms with Gasteiger partial charge in [0.1, 0.15) is 11.6 Å². The van der Waals surface area contributed by atoms with Crippen LogP contribution < -0.4 is 10.6 Å². The number of benzene rings is 1. The van der Waals surface area contributed by atoms with Crippen LogP contribution in [0.4, 0.5) is 4.79 Å². The summed E-state index contributed by atoms with van der Waals surface area (Å²) in [5.41, 5.74) is 1.22. The first-order chi connectivity index (χ1) is 12.3. The van der Waals surface area contributed by atoms with Crippen LogP contribution in [-0.2, 0) is 16.0 Å². The van der Waals surface area contributed by atoms with Crippen LogP contribution in [0.25, 0.3) is 10.9 Å². The molecule has 0 aliphatic heterocycles. The van der Waals surface area contributed by atoms with Crippen LogP contribution in [0.15, 0.2) is 30.5 Å². The Balaban J connectivity index is 2.15. The molecule has 1 atom stereocenters. The van der Waals surface area contributed by atoms with Gasteiger partial charge in [-0.25, -0.2) is 4.79 Å². The number of amides is 2. The average molecular weight is 356 g/mol. The van der Waals surface area contributed by atoms with Gasteiger partial charge in [0.25, 0.3) is 0 Å². The number of carbonyl (C=O) groups excluding carboxylic acids is 2. The quantitative estimate of drug-likeness (QED) is 0.692. The maximum atomic E-state index is 12.5. The molecule has 2 amide bonds. The summed E-state index contributed by atoms with van der Waals surface area (Å²) in [4.78, 5) is 27.8. The van der Waals surface area contributed by atoms with Gasteiger partial charge in [-0.15, -0.1) is 0 Å². The summed E-state index contributed by atoms with van der Waals surface area (Å²) in [7, 11) is 0. The lowest BCUT2D eigenvalue weighted by molar-refractivity contribution is -0.123. The number of fused-ring (bicyclic) bond motifs is 1. The second-order valence-electron chi connectivity index (χ2n) is 6.96. The van der Waals surface area contributed by atoms with Gasteiger partial charge in [0.15, 0.2) is 0 Å². The molecule has 0 fully saturated rings. The van der Waals surface area contributed by atoms with Crippen LogP contribution >= 0.6 is 0 Å². The molecule has 0 saturated carbocycles. The first-order valence-corrected chi connectivity index (χ1v) is 8.49. The number of aromatic amines is 1. The number of hydrogen-bond acceptors (Lipinski definition) is 4. The van der Waals surface area contributed by atoms with E-state index >= 15 is 0 Å². The Labute approximate surface area is 152 Å². The molecule has 2 rings (SSSR count). The Morgan fingerprint density at radius 1 is 1.31 bits per heavy atom. The van der Waals surface area contributed by atoms with Crippen molar-refractivity contribution in [2.24, 2.45) is 0 Å². The predicted octanol–water partition coefficient (Wildman–Crippen LogP) is 2.63. The number of aromatic nitrogens is 1. The number of ether oxygens (including phenoxy) is 1. The average Bonchev–Trinajstić information content (AvgIpc) is 2.96. The highest BCUT2D eigenvalue weighted by molar-refractivity contribution is 5.88. The second-order valence-corrected chi connectivity index (χ2v) is 6.96. The van der Waals surface area contributed by atoms with E-state index in [2.05, 4.69) is 15.6 Å². The van der Waals surface area contributed by atoms with Crippen molar-refractivity contribution >= 4 is 22.9 Å². The fraction of sp³-hybridized carbons (Fsp3) is 0.421. The molecule has 1 aromatic heterocycles. The summed E-state index contributed by atoms with van der Waals surface area (Å²) < 4.78 is 5.26. The Bertz CT molecular complexity index is 814. The van der Waals surface area contributed by atoms with E-state index in [9.17, 15) is 9.59 Å². The van der Waals surface area contributed by atoms with Gasteiger partial charge in [0.2, 0.25) is 5.91 Å². The second kappa shape index (κ2) is 8.39. The molecule has 1 heterocycles. The minimum Gasteiger partial charge on any atom is -0.444 e. The van der Waals surface area contributed by atoms with E-state index in [0.29, 0.717) is 6.42 Å². The number of carbonyl (C=O) groups is 2. The maximum Gasteiger partial charge on any atom is 0.408 e. The SMILES string of the molecule is CC(C)(C)OC(=O)NC(Cc1c[nH]c2ccccc12)C(=O)NCCC#N. The summed E-state index contributed by atoms with van der Waals surface area (Å²) in [6.45, 7) is 5.51. The lowest BCUT2D eigenvalue weighted by Gasteiger charge is -2.23. The highest BCUT2D eigenvalue weighted by Gasteiger charge is 2.25. The number of H-pyrrole nitrogens is 1. The molecule has 0 radical (unpaired) electrons. The van der Waals surface area contributed by atoms with E-state index in [1.54, 1.807) is 20.8 Å². The van der Waals surface area contributed by atoms with Crippen LogP contribution in [0.5, 0.6) is 0 Å². The number of para-hydroxylation sites is 1. The molecule has 138 valence electrons. The third kappa shape index (κ3) is 5.52. The Hall–Kier alpha value is -3.01. The normalized spacial score (nSPS) is 12.2. The Morgan fingerprint density at radius 2 is 2.04 bits per heavy atom. The molecule has 26 heavy (non-hydrogen) atoms. The smallest absolute Gasteiger partial charge is 0.408 e. The molecule has 1 unspecified atom stereocenters. The highest BCUT2D eigenvalue weighted by atomic mass is 16.6. The first kappa shape index (κ1) is 19.3. The minimum absolute atomic E-state index is 0.206. The largest absolute Gasteiger partial charge is 0.444 e. The van der Waals surface area contributed by atoms with Gasteiger partial charge in [0.05, 0.1) is 12.5 Å². The van der Waals surface area contributed by atoms with Gasteiger partial charge in [0, 0.05) is 30.1 Å². The van der Waals surface area contributed by atoms with Crippen molar-refractivity contribution in [3.8, 4) is 6.07 Å². The molecule has 1 aromatic carbocycles. The topological polar surface area (TPSA) is 107 Å². The molecule has 2 aromatic rings. The number of alkyl carbamates (subject to hydrolysis) is 1. The molecule has 0 aliphatic carbocycles. The van der Waals surface area contributed by atoms with Gasteiger partial charge in [-0.3, -0.25) is 4.79 Å². The van der Waals surface area contributed by atoms with Crippen molar-refractivity contribution in [1.29, 1.82) is 5.26 Å². The molecule has 7 heteroatoms. The van der Waals surface area contributed by atoms with E-state index in [1.807, 2.05) is 36.5 Å². The van der Waals surface area contributed by atoms with Crippen LogP contribution in [0, 0.1) is 11.3 Å². The molecule has 0 saturated heterocycles. The fourth-order valence-electron chi connectivity index (χ4n) is 2.54. The van der Waals surface area contributed by atoms with Gasteiger partial charge < -0.3 is 20.4 Å². The van der Waals surface area contributed by atoms with Crippen molar-refractivity contribution in [3.63, 3.8) is 0 Å². The molecule has 0 aliphatic rings. The van der Waals surface area contributed by atoms with Crippen LogP contribution in [0.1, 0.15) is 32.8 Å². The molecule has 3 N–H and O–H groups in total.